The topological polar surface area (TPSA) is 91.7 Å². The number of fused-ring (bicyclic) bond motifs is 3. The molecule has 30 heavy (non-hydrogen) atoms. The van der Waals surface area contributed by atoms with Gasteiger partial charge in [-0.05, 0) is 55.5 Å². The molecule has 0 fully saturated rings. The maximum absolute atomic E-state index is 13.6. The van der Waals surface area contributed by atoms with E-state index in [1.54, 1.807) is 23.0 Å². The minimum absolute atomic E-state index is 0.0578. The number of nitriles is 2. The lowest BCUT2D eigenvalue weighted by atomic mass is 10.1. The molecule has 152 valence electrons. The number of rotatable bonds is 7. The predicted octanol–water partition coefficient (Wildman–Crippen LogP) is 4.48. The molecule has 1 atom stereocenters. The number of hydrogen-bond donors (Lipinski definition) is 0. The molecule has 0 unspecified atom stereocenters. The minimum Gasteiger partial charge on any atom is -0.497 e. The lowest BCUT2D eigenvalue weighted by molar-refractivity contribution is 0.414. The van der Waals surface area contributed by atoms with Gasteiger partial charge in [-0.1, -0.05) is 11.8 Å². The molecule has 3 aromatic rings. The van der Waals surface area contributed by atoms with Gasteiger partial charge in [0, 0.05) is 17.1 Å². The first-order valence-electron chi connectivity index (χ1n) is 9.77. The molecule has 0 spiro atoms. The molecule has 0 N–H and O–H groups in total. The fourth-order valence-electron chi connectivity index (χ4n) is 3.68. The Bertz CT molecular complexity index is 1220. The van der Waals surface area contributed by atoms with E-state index < -0.39 is 0 Å². The van der Waals surface area contributed by atoms with Crippen LogP contribution in [-0.2, 0) is 12.8 Å². The highest BCUT2D eigenvalue weighted by Crippen LogP contribution is 2.36. The van der Waals surface area contributed by atoms with Crippen molar-refractivity contribution in [2.75, 3.05) is 12.9 Å². The van der Waals surface area contributed by atoms with Crippen LogP contribution in [0.2, 0.25) is 0 Å². The van der Waals surface area contributed by atoms with Crippen LogP contribution in [-0.4, -0.2) is 22.4 Å². The summed E-state index contributed by atoms with van der Waals surface area (Å²) in [4.78, 5) is 20.5. The zero-order chi connectivity index (χ0) is 21.1. The van der Waals surface area contributed by atoms with Gasteiger partial charge in [0.25, 0.3) is 5.56 Å². The molecule has 8 heteroatoms. The van der Waals surface area contributed by atoms with Gasteiger partial charge in [0.1, 0.15) is 10.6 Å². The Morgan fingerprint density at radius 3 is 2.80 bits per heavy atom. The second kappa shape index (κ2) is 8.91. The Hall–Kier alpha value is -2.81. The molecule has 0 saturated carbocycles. The Morgan fingerprint density at radius 1 is 1.30 bits per heavy atom. The van der Waals surface area contributed by atoms with Crippen LogP contribution < -0.4 is 10.3 Å². The summed E-state index contributed by atoms with van der Waals surface area (Å²) >= 11 is 3.01. The summed E-state index contributed by atoms with van der Waals surface area (Å²) in [6, 6.07) is 11.7. The Labute approximate surface area is 182 Å². The third-order valence-corrected chi connectivity index (χ3v) is 7.53. The largest absolute Gasteiger partial charge is 0.497 e. The first-order chi connectivity index (χ1) is 14.7. The van der Waals surface area contributed by atoms with E-state index in [1.165, 1.54) is 16.6 Å². The van der Waals surface area contributed by atoms with E-state index in [1.807, 2.05) is 24.3 Å². The van der Waals surface area contributed by atoms with Crippen LogP contribution in [0, 0.1) is 28.6 Å². The highest BCUT2D eigenvalue weighted by atomic mass is 32.2. The van der Waals surface area contributed by atoms with Crippen molar-refractivity contribution < 1.29 is 4.74 Å². The molecular formula is C22H20N4O2S2. The van der Waals surface area contributed by atoms with Crippen molar-refractivity contribution in [3.05, 3.63) is 45.1 Å². The average molecular weight is 437 g/mol. The highest BCUT2D eigenvalue weighted by Gasteiger charge is 2.24. The zero-order valence-electron chi connectivity index (χ0n) is 16.6. The third kappa shape index (κ3) is 3.81. The second-order valence-electron chi connectivity index (χ2n) is 7.10. The second-order valence-corrected chi connectivity index (χ2v) is 9.18. The first-order valence-corrected chi connectivity index (χ1v) is 11.6. The van der Waals surface area contributed by atoms with E-state index in [2.05, 4.69) is 12.1 Å². The fraction of sp³-hybridized carbons (Fsp3) is 0.364. The maximum atomic E-state index is 13.6. The van der Waals surface area contributed by atoms with Gasteiger partial charge in [-0.3, -0.25) is 9.36 Å². The van der Waals surface area contributed by atoms with Crippen LogP contribution >= 0.6 is 23.1 Å². The number of thioether (sulfide) groups is 1. The van der Waals surface area contributed by atoms with Crippen molar-refractivity contribution in [3.8, 4) is 23.6 Å². The summed E-state index contributed by atoms with van der Waals surface area (Å²) in [6.07, 6.45) is 3.87. The van der Waals surface area contributed by atoms with Gasteiger partial charge in [-0.25, -0.2) is 4.98 Å². The van der Waals surface area contributed by atoms with Gasteiger partial charge in [0.2, 0.25) is 0 Å². The first kappa shape index (κ1) is 20.5. The number of hydrogen-bond acceptors (Lipinski definition) is 7. The van der Waals surface area contributed by atoms with Gasteiger partial charge < -0.3 is 4.74 Å². The highest BCUT2D eigenvalue weighted by molar-refractivity contribution is 7.99. The number of nitrogens with zero attached hydrogens (tertiary/aromatic N) is 4. The van der Waals surface area contributed by atoms with Gasteiger partial charge in [-0.2, -0.15) is 10.5 Å². The standard InChI is InChI=1S/C22H20N4O2S2/c1-28-16-9-7-15(8-10-16)26-21(27)19-17-5-2-6-18(17)30-20(19)25-22(26)29-13-14(12-24)4-3-11-23/h7-10,14H,2-6,13H2,1H3/t14-/m1/s1. The quantitative estimate of drug-likeness (QED) is 0.400. The number of thiophene rings is 1. The SMILES string of the molecule is COc1ccc(-n2c(SC[C@@H](C#N)CCC#N)nc3sc4c(c3c2=O)CCC4)cc1. The monoisotopic (exact) mass is 436 g/mol. The molecule has 0 amide bonds. The van der Waals surface area contributed by atoms with Crippen LogP contribution in [0.4, 0.5) is 0 Å². The van der Waals surface area contributed by atoms with E-state index in [-0.39, 0.29) is 11.5 Å². The third-order valence-electron chi connectivity index (χ3n) is 5.24. The lowest BCUT2D eigenvalue weighted by Gasteiger charge is -2.14. The van der Waals surface area contributed by atoms with Crippen molar-refractivity contribution in [1.29, 1.82) is 10.5 Å². The Morgan fingerprint density at radius 2 is 2.10 bits per heavy atom. The lowest BCUT2D eigenvalue weighted by Crippen LogP contribution is -2.22. The smallest absolute Gasteiger partial charge is 0.267 e. The van der Waals surface area contributed by atoms with Crippen molar-refractivity contribution in [3.63, 3.8) is 0 Å². The number of aromatic nitrogens is 2. The summed E-state index contributed by atoms with van der Waals surface area (Å²) in [5, 5.41) is 19.5. The normalized spacial score (nSPS) is 13.6. The summed E-state index contributed by atoms with van der Waals surface area (Å²) in [5.74, 6) is 0.935. The molecule has 2 aromatic heterocycles. The number of aryl methyl sites for hydroxylation is 2. The fourth-order valence-corrected chi connectivity index (χ4v) is 6.05. The van der Waals surface area contributed by atoms with Crippen molar-refractivity contribution in [2.45, 2.75) is 37.3 Å². The number of methoxy groups -OCH3 is 1. The maximum Gasteiger partial charge on any atom is 0.267 e. The molecule has 1 aliphatic rings. The van der Waals surface area contributed by atoms with E-state index in [0.717, 1.165) is 40.7 Å². The van der Waals surface area contributed by atoms with Crippen LogP contribution in [0.25, 0.3) is 15.9 Å². The van der Waals surface area contributed by atoms with E-state index >= 15 is 0 Å². The summed E-state index contributed by atoms with van der Waals surface area (Å²) in [7, 11) is 1.61. The molecule has 2 heterocycles. The predicted molar refractivity (Wildman–Crippen MR) is 118 cm³/mol. The molecule has 0 bridgehead atoms. The minimum atomic E-state index is -0.264. The van der Waals surface area contributed by atoms with Crippen molar-refractivity contribution >= 4 is 33.3 Å². The molecule has 4 rings (SSSR count). The van der Waals surface area contributed by atoms with Gasteiger partial charge in [0.05, 0.1) is 36.2 Å². The van der Waals surface area contributed by atoms with Crippen molar-refractivity contribution in [2.24, 2.45) is 5.92 Å². The average Bonchev–Trinajstić information content (AvgIpc) is 3.35. The molecule has 1 aromatic carbocycles. The zero-order valence-corrected chi connectivity index (χ0v) is 18.2. The van der Waals surface area contributed by atoms with Gasteiger partial charge in [-0.15, -0.1) is 11.3 Å². The molecule has 0 radical (unpaired) electrons. The van der Waals surface area contributed by atoms with Crippen LogP contribution in [0.1, 0.15) is 29.7 Å². The molecule has 6 nitrogen and oxygen atoms in total. The Kier molecular flexibility index (Phi) is 6.08. The molecular weight excluding hydrogens is 416 g/mol. The summed E-state index contributed by atoms with van der Waals surface area (Å²) in [5.41, 5.74) is 1.81. The summed E-state index contributed by atoms with van der Waals surface area (Å²) in [6.45, 7) is 0. The summed E-state index contributed by atoms with van der Waals surface area (Å²) < 4.78 is 6.90. The Balaban J connectivity index is 1.80. The molecule has 0 saturated heterocycles. The number of benzene rings is 1. The van der Waals surface area contributed by atoms with Crippen LogP contribution in [0.15, 0.2) is 34.2 Å². The van der Waals surface area contributed by atoms with Crippen LogP contribution in [0.3, 0.4) is 0 Å². The van der Waals surface area contributed by atoms with Gasteiger partial charge >= 0.3 is 0 Å². The van der Waals surface area contributed by atoms with E-state index in [9.17, 15) is 10.1 Å². The number of ether oxygens (including phenoxy) is 1. The van der Waals surface area contributed by atoms with E-state index in [4.69, 9.17) is 15.0 Å². The molecule has 0 aliphatic heterocycles. The van der Waals surface area contributed by atoms with E-state index in [0.29, 0.717) is 29.5 Å². The van der Waals surface area contributed by atoms with Crippen molar-refractivity contribution in [1.82, 2.24) is 9.55 Å². The van der Waals surface area contributed by atoms with Crippen LogP contribution in [0.5, 0.6) is 5.75 Å². The molecule has 1 aliphatic carbocycles. The van der Waals surface area contributed by atoms with Gasteiger partial charge in [0.15, 0.2) is 5.16 Å².